The highest BCUT2D eigenvalue weighted by atomic mass is 15.3. The van der Waals surface area contributed by atoms with E-state index >= 15 is 0 Å². The molecule has 0 aromatic heterocycles. The maximum absolute atomic E-state index is 2.86. The normalized spacial score (nSPS) is 38.0. The highest BCUT2D eigenvalue weighted by Crippen LogP contribution is 2.39. The Kier molecular flexibility index (Phi) is 3.56. The first-order valence-corrected chi connectivity index (χ1v) is 8.93. The van der Waals surface area contributed by atoms with Gasteiger partial charge in [0.05, 0.1) is 0 Å². The Morgan fingerprint density at radius 2 is 1.15 bits per heavy atom. The number of fused-ring (bicyclic) bond motifs is 1. The molecule has 0 aromatic rings. The van der Waals surface area contributed by atoms with Crippen molar-refractivity contribution in [1.82, 2.24) is 14.7 Å². The Morgan fingerprint density at radius 1 is 0.700 bits per heavy atom. The molecule has 3 nitrogen and oxygen atoms in total. The van der Waals surface area contributed by atoms with Crippen LogP contribution in [0.25, 0.3) is 0 Å². The molecule has 0 bridgehead atoms. The number of piperidine rings is 1. The Labute approximate surface area is 124 Å². The van der Waals surface area contributed by atoms with Gasteiger partial charge in [0, 0.05) is 44.3 Å². The van der Waals surface area contributed by atoms with E-state index in [0.29, 0.717) is 0 Å². The van der Waals surface area contributed by atoms with Crippen molar-refractivity contribution >= 4 is 0 Å². The molecule has 1 aliphatic carbocycles. The van der Waals surface area contributed by atoms with Gasteiger partial charge in [-0.1, -0.05) is 0 Å². The molecule has 3 heteroatoms. The van der Waals surface area contributed by atoms with Crippen LogP contribution in [0.5, 0.6) is 0 Å². The number of likely N-dealkylation sites (tertiary alicyclic amines) is 3. The third-order valence-electron chi connectivity index (χ3n) is 6.35. The molecule has 0 aromatic carbocycles. The fourth-order valence-corrected chi connectivity index (χ4v) is 4.87. The molecule has 3 saturated heterocycles. The lowest BCUT2D eigenvalue weighted by atomic mass is 10.0. The molecule has 0 N–H and O–H groups in total. The van der Waals surface area contributed by atoms with Crippen LogP contribution in [-0.4, -0.2) is 72.1 Å². The first-order valence-electron chi connectivity index (χ1n) is 8.93. The second-order valence-electron chi connectivity index (χ2n) is 8.02. The summed E-state index contributed by atoms with van der Waals surface area (Å²) in [6.07, 6.45) is 5.78. The summed E-state index contributed by atoms with van der Waals surface area (Å²) in [7, 11) is 0. The van der Waals surface area contributed by atoms with E-state index in [1.165, 1.54) is 65.0 Å². The maximum Gasteiger partial charge on any atom is 0.0120 e. The molecule has 4 rings (SSSR count). The van der Waals surface area contributed by atoms with Crippen LogP contribution in [0, 0.1) is 11.8 Å². The summed E-state index contributed by atoms with van der Waals surface area (Å²) in [5, 5.41) is 0. The number of hydrogen-bond donors (Lipinski definition) is 0. The molecular formula is C17H31N3. The van der Waals surface area contributed by atoms with Crippen molar-refractivity contribution < 1.29 is 0 Å². The SMILES string of the molecule is CC(C)N1CCC(N2CC3CN(C4CC4)CC3C2)CC1. The Balaban J connectivity index is 1.28. The van der Waals surface area contributed by atoms with Crippen molar-refractivity contribution in [1.29, 1.82) is 0 Å². The standard InChI is InChI=1S/C17H31N3/c1-13(2)18-7-5-17(6-8-18)20-11-14-9-19(16-3-4-16)10-15(14)12-20/h13-17H,3-12H2,1-2H3. The van der Waals surface area contributed by atoms with Gasteiger partial charge in [0.25, 0.3) is 0 Å². The lowest BCUT2D eigenvalue weighted by Gasteiger charge is -2.39. The molecule has 1 saturated carbocycles. The van der Waals surface area contributed by atoms with Crippen LogP contribution in [0.2, 0.25) is 0 Å². The van der Waals surface area contributed by atoms with Crippen molar-refractivity contribution in [3.05, 3.63) is 0 Å². The van der Waals surface area contributed by atoms with E-state index in [1.807, 2.05) is 0 Å². The summed E-state index contributed by atoms with van der Waals surface area (Å²) >= 11 is 0. The van der Waals surface area contributed by atoms with E-state index in [1.54, 1.807) is 0 Å². The Hall–Kier alpha value is -0.120. The molecule has 2 atom stereocenters. The fourth-order valence-electron chi connectivity index (χ4n) is 4.87. The van der Waals surface area contributed by atoms with Crippen LogP contribution in [0.15, 0.2) is 0 Å². The van der Waals surface area contributed by atoms with Gasteiger partial charge in [-0.25, -0.2) is 0 Å². The van der Waals surface area contributed by atoms with E-state index in [0.717, 1.165) is 30.0 Å². The van der Waals surface area contributed by atoms with Crippen molar-refractivity contribution in [2.75, 3.05) is 39.3 Å². The number of nitrogens with zero attached hydrogens (tertiary/aromatic N) is 3. The molecule has 0 radical (unpaired) electrons. The summed E-state index contributed by atoms with van der Waals surface area (Å²) in [6.45, 7) is 13.0. The van der Waals surface area contributed by atoms with Gasteiger partial charge in [-0.15, -0.1) is 0 Å². The maximum atomic E-state index is 2.86. The van der Waals surface area contributed by atoms with Gasteiger partial charge in [0.1, 0.15) is 0 Å². The zero-order valence-corrected chi connectivity index (χ0v) is 13.3. The molecule has 3 heterocycles. The molecule has 0 amide bonds. The second kappa shape index (κ2) is 5.26. The predicted octanol–water partition coefficient (Wildman–Crippen LogP) is 1.89. The van der Waals surface area contributed by atoms with Crippen LogP contribution in [0.3, 0.4) is 0 Å². The van der Waals surface area contributed by atoms with Gasteiger partial charge < -0.3 is 4.90 Å². The Morgan fingerprint density at radius 3 is 1.55 bits per heavy atom. The van der Waals surface area contributed by atoms with Crippen LogP contribution in [0.4, 0.5) is 0 Å². The van der Waals surface area contributed by atoms with Gasteiger partial charge in [-0.3, -0.25) is 9.80 Å². The van der Waals surface area contributed by atoms with E-state index in [4.69, 9.17) is 0 Å². The molecular weight excluding hydrogens is 246 g/mol. The van der Waals surface area contributed by atoms with Crippen LogP contribution in [-0.2, 0) is 0 Å². The van der Waals surface area contributed by atoms with E-state index in [-0.39, 0.29) is 0 Å². The van der Waals surface area contributed by atoms with Crippen molar-refractivity contribution in [2.45, 2.75) is 57.7 Å². The van der Waals surface area contributed by atoms with Gasteiger partial charge in [0.15, 0.2) is 0 Å². The van der Waals surface area contributed by atoms with Crippen molar-refractivity contribution in [2.24, 2.45) is 11.8 Å². The smallest absolute Gasteiger partial charge is 0.0120 e. The van der Waals surface area contributed by atoms with Gasteiger partial charge >= 0.3 is 0 Å². The van der Waals surface area contributed by atoms with E-state index in [2.05, 4.69) is 28.5 Å². The average molecular weight is 277 g/mol. The largest absolute Gasteiger partial charge is 0.301 e. The second-order valence-corrected chi connectivity index (χ2v) is 8.02. The first-order chi connectivity index (χ1) is 9.70. The molecule has 20 heavy (non-hydrogen) atoms. The Bertz CT molecular complexity index is 330. The van der Waals surface area contributed by atoms with Crippen molar-refractivity contribution in [3.8, 4) is 0 Å². The summed E-state index contributed by atoms with van der Waals surface area (Å²) in [5.74, 6) is 2.00. The highest BCUT2D eigenvalue weighted by molar-refractivity contribution is 4.99. The molecule has 2 unspecified atom stereocenters. The summed E-state index contributed by atoms with van der Waals surface area (Å²) in [6, 6.07) is 2.62. The highest BCUT2D eigenvalue weighted by Gasteiger charge is 2.45. The lowest BCUT2D eigenvalue weighted by molar-refractivity contribution is 0.0986. The quantitative estimate of drug-likeness (QED) is 0.780. The average Bonchev–Trinajstić information content (AvgIpc) is 3.10. The van der Waals surface area contributed by atoms with Crippen LogP contribution < -0.4 is 0 Å². The molecule has 4 fully saturated rings. The molecule has 4 aliphatic rings. The number of hydrogen-bond acceptors (Lipinski definition) is 3. The summed E-state index contributed by atoms with van der Waals surface area (Å²) < 4.78 is 0. The predicted molar refractivity (Wildman–Crippen MR) is 82.9 cm³/mol. The number of rotatable bonds is 3. The topological polar surface area (TPSA) is 9.72 Å². The summed E-state index contributed by atoms with van der Waals surface area (Å²) in [5.41, 5.74) is 0. The first kappa shape index (κ1) is 13.5. The molecule has 0 spiro atoms. The lowest BCUT2D eigenvalue weighted by Crippen LogP contribution is -2.46. The minimum absolute atomic E-state index is 0.737. The van der Waals surface area contributed by atoms with Gasteiger partial charge in [-0.2, -0.15) is 0 Å². The van der Waals surface area contributed by atoms with Crippen LogP contribution in [0.1, 0.15) is 39.5 Å². The molecule has 114 valence electrons. The minimum Gasteiger partial charge on any atom is -0.301 e. The van der Waals surface area contributed by atoms with E-state index < -0.39 is 0 Å². The third-order valence-corrected chi connectivity index (χ3v) is 6.35. The zero-order chi connectivity index (χ0) is 13.7. The summed E-state index contributed by atoms with van der Waals surface area (Å²) in [4.78, 5) is 8.31. The van der Waals surface area contributed by atoms with Crippen LogP contribution >= 0.6 is 0 Å². The monoisotopic (exact) mass is 277 g/mol. The van der Waals surface area contributed by atoms with Gasteiger partial charge in [-0.05, 0) is 64.5 Å². The fraction of sp³-hybridized carbons (Fsp3) is 1.00. The van der Waals surface area contributed by atoms with Gasteiger partial charge in [0.2, 0.25) is 0 Å². The van der Waals surface area contributed by atoms with E-state index in [9.17, 15) is 0 Å². The third kappa shape index (κ3) is 2.53. The van der Waals surface area contributed by atoms with Crippen molar-refractivity contribution in [3.63, 3.8) is 0 Å². The molecule has 3 aliphatic heterocycles. The zero-order valence-electron chi connectivity index (χ0n) is 13.3. The minimum atomic E-state index is 0.737.